The van der Waals surface area contributed by atoms with Gasteiger partial charge in [0.1, 0.15) is 10.6 Å². The Kier molecular flexibility index (Phi) is 4.82. The van der Waals surface area contributed by atoms with Gasteiger partial charge in [0.05, 0.1) is 15.3 Å². The van der Waals surface area contributed by atoms with E-state index in [-0.39, 0.29) is 16.6 Å². The summed E-state index contributed by atoms with van der Waals surface area (Å²) in [5.74, 6) is -0.554. The van der Waals surface area contributed by atoms with Gasteiger partial charge in [-0.25, -0.2) is 0 Å². The number of thiophene rings is 1. The number of hydrogen-bond acceptors (Lipinski definition) is 4. The fourth-order valence-electron chi connectivity index (χ4n) is 1.79. The lowest BCUT2D eigenvalue weighted by Gasteiger charge is -2.12. The highest BCUT2D eigenvalue weighted by Crippen LogP contribution is 2.30. The van der Waals surface area contributed by atoms with Crippen LogP contribution in [0.15, 0.2) is 30.3 Å². The molecular formula is C13H10Cl2N2O3S. The van der Waals surface area contributed by atoms with E-state index in [1.165, 1.54) is 29.5 Å². The summed E-state index contributed by atoms with van der Waals surface area (Å²) in [5, 5.41) is 13.7. The lowest BCUT2D eigenvalue weighted by atomic mass is 10.1. The van der Waals surface area contributed by atoms with Crippen molar-refractivity contribution in [2.45, 2.75) is 13.0 Å². The first-order chi connectivity index (χ1) is 9.90. The molecule has 0 aliphatic heterocycles. The van der Waals surface area contributed by atoms with Crippen LogP contribution >= 0.6 is 34.5 Å². The Bertz CT molecular complexity index is 702. The van der Waals surface area contributed by atoms with Crippen molar-refractivity contribution in [2.75, 3.05) is 0 Å². The predicted molar refractivity (Wildman–Crippen MR) is 83.3 cm³/mol. The second kappa shape index (κ2) is 6.43. The highest BCUT2D eigenvalue weighted by molar-refractivity contribution is 7.16. The topological polar surface area (TPSA) is 72.2 Å². The van der Waals surface area contributed by atoms with Gasteiger partial charge < -0.3 is 5.32 Å². The van der Waals surface area contributed by atoms with Crippen LogP contribution in [0.2, 0.25) is 9.36 Å². The van der Waals surface area contributed by atoms with Gasteiger partial charge in [-0.05, 0) is 31.2 Å². The molecule has 0 fully saturated rings. The average Bonchev–Trinajstić information content (AvgIpc) is 2.84. The number of nitrogens with zero attached hydrogens (tertiary/aromatic N) is 1. The smallest absolute Gasteiger partial charge is 0.300 e. The molecule has 1 unspecified atom stereocenters. The van der Waals surface area contributed by atoms with Gasteiger partial charge in [0.25, 0.3) is 5.91 Å². The van der Waals surface area contributed by atoms with Crippen LogP contribution in [-0.4, -0.2) is 10.8 Å². The molecule has 0 saturated heterocycles. The van der Waals surface area contributed by atoms with Crippen LogP contribution in [0.4, 0.5) is 5.69 Å². The normalized spacial score (nSPS) is 12.0. The van der Waals surface area contributed by atoms with Crippen molar-refractivity contribution in [1.82, 2.24) is 5.32 Å². The van der Waals surface area contributed by atoms with Crippen LogP contribution in [0.3, 0.4) is 0 Å². The summed E-state index contributed by atoms with van der Waals surface area (Å²) >= 11 is 13.0. The monoisotopic (exact) mass is 344 g/mol. The molecule has 0 aliphatic rings. The average molecular weight is 345 g/mol. The third-order valence-electron chi connectivity index (χ3n) is 2.78. The number of amides is 1. The molecule has 2 aromatic rings. The van der Waals surface area contributed by atoms with Crippen molar-refractivity contribution >= 4 is 46.1 Å². The number of para-hydroxylation sites is 1. The number of halogens is 2. The summed E-state index contributed by atoms with van der Waals surface area (Å²) in [7, 11) is 0. The van der Waals surface area contributed by atoms with Gasteiger partial charge in [-0.3, -0.25) is 14.9 Å². The molecule has 110 valence electrons. The fourth-order valence-corrected chi connectivity index (χ4v) is 3.10. The summed E-state index contributed by atoms with van der Waals surface area (Å²) in [6.45, 7) is 1.77. The third-order valence-corrected chi connectivity index (χ3v) is 4.50. The quantitative estimate of drug-likeness (QED) is 0.657. The van der Waals surface area contributed by atoms with Gasteiger partial charge in [0, 0.05) is 4.88 Å². The predicted octanol–water partition coefficient (Wildman–Crippen LogP) is 4.45. The lowest BCUT2D eigenvalue weighted by molar-refractivity contribution is -0.385. The Morgan fingerprint density at radius 1 is 1.33 bits per heavy atom. The zero-order chi connectivity index (χ0) is 15.6. The SMILES string of the molecule is CC(NC(=O)c1cccc(Cl)c1[N+](=O)[O-])c1ccc(Cl)s1. The molecule has 5 nitrogen and oxygen atoms in total. The molecule has 2 rings (SSSR count). The Hall–Kier alpha value is -1.63. The second-order valence-corrected chi connectivity index (χ2v) is 6.38. The van der Waals surface area contributed by atoms with E-state index in [9.17, 15) is 14.9 Å². The summed E-state index contributed by atoms with van der Waals surface area (Å²) in [6, 6.07) is 7.45. The van der Waals surface area contributed by atoms with Crippen molar-refractivity contribution in [2.24, 2.45) is 0 Å². The molecule has 1 amide bonds. The maximum atomic E-state index is 12.2. The van der Waals surface area contributed by atoms with Crippen LogP contribution in [0, 0.1) is 10.1 Å². The number of nitro groups is 1. The van der Waals surface area contributed by atoms with Gasteiger partial charge in [-0.15, -0.1) is 11.3 Å². The third kappa shape index (κ3) is 3.53. The first-order valence-electron chi connectivity index (χ1n) is 5.89. The molecule has 1 aromatic carbocycles. The summed E-state index contributed by atoms with van der Waals surface area (Å²) in [5.41, 5.74) is -0.463. The summed E-state index contributed by atoms with van der Waals surface area (Å²) < 4.78 is 0.611. The Morgan fingerprint density at radius 3 is 2.62 bits per heavy atom. The van der Waals surface area contributed by atoms with Gasteiger partial charge in [0.2, 0.25) is 0 Å². The van der Waals surface area contributed by atoms with Gasteiger partial charge in [-0.1, -0.05) is 29.3 Å². The second-order valence-electron chi connectivity index (χ2n) is 4.23. The van der Waals surface area contributed by atoms with Crippen LogP contribution < -0.4 is 5.32 Å². The van der Waals surface area contributed by atoms with E-state index in [0.717, 1.165) is 4.88 Å². The minimum Gasteiger partial charge on any atom is -0.344 e. The number of nitro benzene ring substituents is 1. The van der Waals surface area contributed by atoms with Crippen LogP contribution in [-0.2, 0) is 0 Å². The minimum atomic E-state index is -0.663. The van der Waals surface area contributed by atoms with E-state index in [1.54, 1.807) is 19.1 Å². The van der Waals surface area contributed by atoms with Crippen molar-refractivity contribution in [3.8, 4) is 0 Å². The highest BCUT2D eigenvalue weighted by atomic mass is 35.5. The van der Waals surface area contributed by atoms with Crippen molar-refractivity contribution in [1.29, 1.82) is 0 Å². The first-order valence-corrected chi connectivity index (χ1v) is 7.46. The maximum absolute atomic E-state index is 12.2. The zero-order valence-corrected chi connectivity index (χ0v) is 13.1. The molecule has 1 heterocycles. The molecule has 0 bridgehead atoms. The van der Waals surface area contributed by atoms with Crippen molar-refractivity contribution < 1.29 is 9.72 Å². The fraction of sp³-hybridized carbons (Fsp3) is 0.154. The van der Waals surface area contributed by atoms with E-state index in [4.69, 9.17) is 23.2 Å². The minimum absolute atomic E-state index is 0.0676. The molecule has 1 atom stereocenters. The molecule has 0 aliphatic carbocycles. The highest BCUT2D eigenvalue weighted by Gasteiger charge is 2.24. The van der Waals surface area contributed by atoms with Gasteiger partial charge in [-0.2, -0.15) is 0 Å². The molecule has 21 heavy (non-hydrogen) atoms. The van der Waals surface area contributed by atoms with Crippen molar-refractivity contribution in [3.63, 3.8) is 0 Å². The molecular weight excluding hydrogens is 335 g/mol. The summed E-state index contributed by atoms with van der Waals surface area (Å²) in [4.78, 5) is 23.4. The number of hydrogen-bond donors (Lipinski definition) is 1. The Labute approximate surface area is 134 Å². The molecule has 1 N–H and O–H groups in total. The number of rotatable bonds is 4. The number of benzene rings is 1. The van der Waals surface area contributed by atoms with Crippen LogP contribution in [0.5, 0.6) is 0 Å². The zero-order valence-electron chi connectivity index (χ0n) is 10.8. The Balaban J connectivity index is 2.25. The van der Waals surface area contributed by atoms with E-state index >= 15 is 0 Å². The maximum Gasteiger partial charge on any atom is 0.300 e. The summed E-state index contributed by atoms with van der Waals surface area (Å²) in [6.07, 6.45) is 0. The van der Waals surface area contributed by atoms with E-state index in [0.29, 0.717) is 4.34 Å². The molecule has 0 saturated carbocycles. The molecule has 8 heteroatoms. The molecule has 0 spiro atoms. The van der Waals surface area contributed by atoms with Gasteiger partial charge >= 0.3 is 5.69 Å². The lowest BCUT2D eigenvalue weighted by Crippen LogP contribution is -2.26. The number of nitrogens with one attached hydrogen (secondary N) is 1. The van der Waals surface area contributed by atoms with E-state index < -0.39 is 16.5 Å². The number of carbonyl (C=O) groups is 1. The van der Waals surface area contributed by atoms with Crippen LogP contribution in [0.25, 0.3) is 0 Å². The van der Waals surface area contributed by atoms with Crippen molar-refractivity contribution in [3.05, 3.63) is 60.2 Å². The molecule has 1 aromatic heterocycles. The van der Waals surface area contributed by atoms with E-state index in [2.05, 4.69) is 5.32 Å². The largest absolute Gasteiger partial charge is 0.344 e. The molecule has 0 radical (unpaired) electrons. The standard InChI is InChI=1S/C13H10Cl2N2O3S/c1-7(10-5-6-11(15)21-10)16-13(18)8-3-2-4-9(14)12(8)17(19)20/h2-7H,1H3,(H,16,18). The number of carbonyl (C=O) groups excluding carboxylic acids is 1. The Morgan fingerprint density at radius 2 is 2.05 bits per heavy atom. The van der Waals surface area contributed by atoms with Crippen LogP contribution in [0.1, 0.15) is 28.2 Å². The van der Waals surface area contributed by atoms with E-state index in [1.807, 2.05) is 0 Å². The first kappa shape index (κ1) is 15.8. The van der Waals surface area contributed by atoms with Gasteiger partial charge in [0.15, 0.2) is 0 Å².